The molecule has 0 spiro atoms. The number of rotatable bonds is 4. The topological polar surface area (TPSA) is 32.3 Å². The molecule has 2 atom stereocenters. The van der Waals surface area contributed by atoms with E-state index >= 15 is 0 Å². The molecule has 0 radical (unpaired) electrons. The van der Waals surface area contributed by atoms with Gasteiger partial charge in [-0.2, -0.15) is 0 Å². The lowest BCUT2D eigenvalue weighted by Gasteiger charge is -2.22. The van der Waals surface area contributed by atoms with Crippen molar-refractivity contribution in [2.24, 2.45) is 0 Å². The Hall–Kier alpha value is -1.71. The predicted octanol–water partition coefficient (Wildman–Crippen LogP) is 3.07. The van der Waals surface area contributed by atoms with Gasteiger partial charge in [0.25, 0.3) is 0 Å². The molecule has 0 saturated carbocycles. The van der Waals surface area contributed by atoms with Crippen LogP contribution in [0.3, 0.4) is 0 Å². The molecule has 2 rings (SSSR count). The highest BCUT2D eigenvalue weighted by atomic mass is 32.1. The summed E-state index contributed by atoms with van der Waals surface area (Å²) in [6.07, 6.45) is -0.581. The first-order chi connectivity index (χ1) is 9.18. The number of aliphatic hydroxyl groups excluding tert-OH is 1. The lowest BCUT2D eigenvalue weighted by Crippen LogP contribution is -2.36. The third-order valence-corrected chi connectivity index (χ3v) is 3.36. The van der Waals surface area contributed by atoms with Gasteiger partial charge in [-0.05, 0) is 12.5 Å². The highest BCUT2D eigenvalue weighted by Gasteiger charge is 2.17. The van der Waals surface area contributed by atoms with E-state index in [-0.39, 0.29) is 6.04 Å². The van der Waals surface area contributed by atoms with Crippen LogP contribution in [0.4, 0.5) is 0 Å². The van der Waals surface area contributed by atoms with Crippen molar-refractivity contribution in [1.29, 1.82) is 0 Å². The van der Waals surface area contributed by atoms with Crippen molar-refractivity contribution in [2.75, 3.05) is 0 Å². The van der Waals surface area contributed by atoms with Crippen LogP contribution in [0.15, 0.2) is 60.7 Å². The van der Waals surface area contributed by atoms with Crippen LogP contribution < -0.4 is 5.32 Å². The maximum atomic E-state index is 10.3. The molecule has 0 saturated heterocycles. The van der Waals surface area contributed by atoms with Crippen LogP contribution >= 0.6 is 12.2 Å². The van der Waals surface area contributed by atoms with Crippen molar-refractivity contribution in [3.05, 3.63) is 71.8 Å². The molecule has 0 bridgehead atoms. The summed E-state index contributed by atoms with van der Waals surface area (Å²) in [6.45, 7) is 1.92. The molecule has 2 unspecified atom stereocenters. The van der Waals surface area contributed by atoms with Gasteiger partial charge in [-0.25, -0.2) is 0 Å². The first kappa shape index (κ1) is 13.7. The third kappa shape index (κ3) is 3.63. The maximum absolute atomic E-state index is 10.3. The fourth-order valence-electron chi connectivity index (χ4n) is 1.90. The molecule has 0 aromatic heterocycles. The highest BCUT2D eigenvalue weighted by molar-refractivity contribution is 7.80. The van der Waals surface area contributed by atoms with E-state index < -0.39 is 6.10 Å². The molecule has 0 aliphatic heterocycles. The molecule has 19 heavy (non-hydrogen) atoms. The molecule has 0 amide bonds. The second-order valence-corrected chi connectivity index (χ2v) is 4.89. The number of benzene rings is 2. The van der Waals surface area contributed by atoms with Crippen molar-refractivity contribution in [1.82, 2.24) is 5.32 Å². The van der Waals surface area contributed by atoms with Crippen molar-refractivity contribution in [3.8, 4) is 0 Å². The number of aliphatic hydroxyl groups is 1. The first-order valence-electron chi connectivity index (χ1n) is 6.27. The monoisotopic (exact) mass is 271 g/mol. The van der Waals surface area contributed by atoms with Crippen molar-refractivity contribution in [2.45, 2.75) is 19.1 Å². The molecular weight excluding hydrogens is 254 g/mol. The highest BCUT2D eigenvalue weighted by Crippen LogP contribution is 2.16. The second kappa shape index (κ2) is 6.45. The van der Waals surface area contributed by atoms with E-state index in [1.807, 2.05) is 67.6 Å². The van der Waals surface area contributed by atoms with E-state index in [0.717, 1.165) is 11.1 Å². The SMILES string of the molecule is CC(NC(=S)c1ccccc1)C(O)c1ccccc1. The van der Waals surface area contributed by atoms with Crippen molar-refractivity contribution in [3.63, 3.8) is 0 Å². The van der Waals surface area contributed by atoms with E-state index in [2.05, 4.69) is 5.32 Å². The fourth-order valence-corrected chi connectivity index (χ4v) is 2.22. The Labute approximate surface area is 119 Å². The van der Waals surface area contributed by atoms with Gasteiger partial charge in [-0.1, -0.05) is 72.9 Å². The quantitative estimate of drug-likeness (QED) is 0.838. The summed E-state index contributed by atoms with van der Waals surface area (Å²) in [5, 5.41) is 13.4. The maximum Gasteiger partial charge on any atom is 0.106 e. The van der Waals surface area contributed by atoms with Crippen LogP contribution in [0.25, 0.3) is 0 Å². The minimum Gasteiger partial charge on any atom is -0.386 e. The zero-order valence-corrected chi connectivity index (χ0v) is 11.6. The van der Waals surface area contributed by atoms with E-state index in [1.54, 1.807) is 0 Å². The smallest absolute Gasteiger partial charge is 0.106 e. The standard InChI is InChI=1S/C16H17NOS/c1-12(15(18)13-8-4-2-5-9-13)17-16(19)14-10-6-3-7-11-14/h2-12,15,18H,1H3,(H,17,19). The number of hydrogen-bond donors (Lipinski definition) is 2. The Morgan fingerprint density at radius 3 is 2.11 bits per heavy atom. The Morgan fingerprint density at radius 1 is 1.00 bits per heavy atom. The second-order valence-electron chi connectivity index (χ2n) is 4.48. The molecule has 2 nitrogen and oxygen atoms in total. The summed E-state index contributed by atoms with van der Waals surface area (Å²) in [4.78, 5) is 0.656. The van der Waals surface area contributed by atoms with Gasteiger partial charge in [0.1, 0.15) is 4.99 Å². The average Bonchev–Trinajstić information content (AvgIpc) is 2.48. The molecule has 0 aliphatic carbocycles. The van der Waals surface area contributed by atoms with Gasteiger partial charge in [-0.3, -0.25) is 0 Å². The van der Waals surface area contributed by atoms with Gasteiger partial charge in [0, 0.05) is 5.56 Å². The summed E-state index contributed by atoms with van der Waals surface area (Å²) in [7, 11) is 0. The van der Waals surface area contributed by atoms with Crippen molar-refractivity contribution < 1.29 is 5.11 Å². The minimum absolute atomic E-state index is 0.143. The molecular formula is C16H17NOS. The number of hydrogen-bond acceptors (Lipinski definition) is 2. The molecule has 2 aromatic carbocycles. The van der Waals surface area contributed by atoms with E-state index in [0.29, 0.717) is 4.99 Å². The summed E-state index contributed by atoms with van der Waals surface area (Å²) < 4.78 is 0. The Balaban J connectivity index is 2.02. The third-order valence-electron chi connectivity index (χ3n) is 3.01. The van der Waals surface area contributed by atoms with Crippen LogP contribution in [0.2, 0.25) is 0 Å². The molecule has 3 heteroatoms. The summed E-state index contributed by atoms with van der Waals surface area (Å²) in [6, 6.07) is 19.2. The van der Waals surface area contributed by atoms with Gasteiger partial charge >= 0.3 is 0 Å². The van der Waals surface area contributed by atoms with Crippen LogP contribution in [-0.2, 0) is 0 Å². The van der Waals surface area contributed by atoms with Crippen molar-refractivity contribution >= 4 is 17.2 Å². The Kier molecular flexibility index (Phi) is 4.66. The Morgan fingerprint density at radius 2 is 1.53 bits per heavy atom. The largest absolute Gasteiger partial charge is 0.386 e. The van der Waals surface area contributed by atoms with Gasteiger partial charge in [0.05, 0.1) is 12.1 Å². The molecule has 2 N–H and O–H groups in total. The molecule has 0 fully saturated rings. The summed E-state index contributed by atoms with van der Waals surface area (Å²) in [5.74, 6) is 0. The minimum atomic E-state index is -0.581. The van der Waals surface area contributed by atoms with Gasteiger partial charge in [-0.15, -0.1) is 0 Å². The van der Waals surface area contributed by atoms with Crippen LogP contribution in [0.1, 0.15) is 24.2 Å². The zero-order valence-electron chi connectivity index (χ0n) is 10.8. The molecule has 0 heterocycles. The fraction of sp³-hybridized carbons (Fsp3) is 0.188. The van der Waals surface area contributed by atoms with Crippen LogP contribution in [-0.4, -0.2) is 16.1 Å². The molecule has 0 aliphatic rings. The predicted molar refractivity (Wildman–Crippen MR) is 82.1 cm³/mol. The number of thiocarbonyl (C=S) groups is 1. The molecule has 98 valence electrons. The zero-order chi connectivity index (χ0) is 13.7. The van der Waals surface area contributed by atoms with Crippen LogP contribution in [0.5, 0.6) is 0 Å². The van der Waals surface area contributed by atoms with Gasteiger partial charge in [0.2, 0.25) is 0 Å². The Bertz CT molecular complexity index is 527. The average molecular weight is 271 g/mol. The lowest BCUT2D eigenvalue weighted by molar-refractivity contribution is 0.145. The summed E-state index contributed by atoms with van der Waals surface area (Å²) >= 11 is 5.34. The first-order valence-corrected chi connectivity index (χ1v) is 6.68. The summed E-state index contributed by atoms with van der Waals surface area (Å²) in [5.41, 5.74) is 1.85. The van der Waals surface area contributed by atoms with Gasteiger partial charge < -0.3 is 10.4 Å². The van der Waals surface area contributed by atoms with E-state index in [9.17, 15) is 5.11 Å². The molecule has 2 aromatic rings. The van der Waals surface area contributed by atoms with E-state index in [4.69, 9.17) is 12.2 Å². The van der Waals surface area contributed by atoms with Gasteiger partial charge in [0.15, 0.2) is 0 Å². The number of nitrogens with one attached hydrogen (secondary N) is 1. The lowest BCUT2D eigenvalue weighted by atomic mass is 10.0. The van der Waals surface area contributed by atoms with Crippen LogP contribution in [0, 0.1) is 0 Å². The van der Waals surface area contributed by atoms with E-state index in [1.165, 1.54) is 0 Å². The normalized spacial score (nSPS) is 13.6.